The Bertz CT molecular complexity index is 542. The highest BCUT2D eigenvalue weighted by atomic mass is 16.5. The number of rotatable bonds is 4. The number of hydrogen-bond donors (Lipinski definition) is 1. The van der Waals surface area contributed by atoms with E-state index in [4.69, 9.17) is 9.84 Å². The van der Waals surface area contributed by atoms with Crippen LogP contribution in [0.25, 0.3) is 0 Å². The summed E-state index contributed by atoms with van der Waals surface area (Å²) in [5, 5.41) is 8.80. The highest BCUT2D eigenvalue weighted by Crippen LogP contribution is 2.16. The Morgan fingerprint density at radius 2 is 2.48 bits per heavy atom. The SMILES string of the molecule is CCN(CC1CCCO1)C(=O)c1ccncc1C#CCO. The van der Waals surface area contributed by atoms with E-state index in [0.29, 0.717) is 24.2 Å². The molecular weight excluding hydrogens is 268 g/mol. The van der Waals surface area contributed by atoms with E-state index >= 15 is 0 Å². The van der Waals surface area contributed by atoms with Gasteiger partial charge in [-0.3, -0.25) is 9.78 Å². The summed E-state index contributed by atoms with van der Waals surface area (Å²) >= 11 is 0. The van der Waals surface area contributed by atoms with Crippen LogP contribution in [0.4, 0.5) is 0 Å². The summed E-state index contributed by atoms with van der Waals surface area (Å²) in [5.41, 5.74) is 1.06. The van der Waals surface area contributed by atoms with Gasteiger partial charge in [0.25, 0.3) is 5.91 Å². The molecule has 0 radical (unpaired) electrons. The molecule has 1 fully saturated rings. The van der Waals surface area contributed by atoms with Gasteiger partial charge in [-0.05, 0) is 25.8 Å². The monoisotopic (exact) mass is 288 g/mol. The Labute approximate surface area is 124 Å². The van der Waals surface area contributed by atoms with Crippen molar-refractivity contribution in [1.29, 1.82) is 0 Å². The van der Waals surface area contributed by atoms with Gasteiger partial charge in [0.05, 0.1) is 17.2 Å². The molecule has 2 heterocycles. The molecule has 112 valence electrons. The molecule has 1 saturated heterocycles. The largest absolute Gasteiger partial charge is 0.384 e. The minimum atomic E-state index is -0.240. The van der Waals surface area contributed by atoms with Crippen molar-refractivity contribution in [3.05, 3.63) is 29.6 Å². The summed E-state index contributed by atoms with van der Waals surface area (Å²) in [6.07, 6.45) is 5.31. The van der Waals surface area contributed by atoms with Crippen LogP contribution in [0.15, 0.2) is 18.5 Å². The lowest BCUT2D eigenvalue weighted by Gasteiger charge is -2.24. The Hall–Kier alpha value is -1.90. The fourth-order valence-electron chi connectivity index (χ4n) is 2.38. The van der Waals surface area contributed by atoms with E-state index < -0.39 is 0 Å². The van der Waals surface area contributed by atoms with E-state index in [1.807, 2.05) is 6.92 Å². The number of likely N-dealkylation sites (N-methyl/N-ethyl adjacent to an activating group) is 1. The van der Waals surface area contributed by atoms with Crippen molar-refractivity contribution in [2.24, 2.45) is 0 Å². The number of carbonyl (C=O) groups excluding carboxylic acids is 1. The summed E-state index contributed by atoms with van der Waals surface area (Å²) in [6, 6.07) is 1.67. The molecule has 5 nitrogen and oxygen atoms in total. The highest BCUT2D eigenvalue weighted by Gasteiger charge is 2.23. The minimum Gasteiger partial charge on any atom is -0.384 e. The average molecular weight is 288 g/mol. The third kappa shape index (κ3) is 4.03. The van der Waals surface area contributed by atoms with Gasteiger partial charge >= 0.3 is 0 Å². The van der Waals surface area contributed by atoms with Crippen LogP contribution in [0.2, 0.25) is 0 Å². The maximum absolute atomic E-state index is 12.7. The van der Waals surface area contributed by atoms with Crippen LogP contribution >= 0.6 is 0 Å². The minimum absolute atomic E-state index is 0.0716. The lowest BCUT2D eigenvalue weighted by molar-refractivity contribution is 0.0539. The van der Waals surface area contributed by atoms with Gasteiger partial charge in [0.2, 0.25) is 0 Å². The zero-order valence-electron chi connectivity index (χ0n) is 12.2. The first kappa shape index (κ1) is 15.5. The smallest absolute Gasteiger partial charge is 0.255 e. The Morgan fingerprint density at radius 1 is 1.62 bits per heavy atom. The lowest BCUT2D eigenvalue weighted by Crippen LogP contribution is -2.37. The molecule has 0 bridgehead atoms. The molecule has 1 amide bonds. The predicted molar refractivity (Wildman–Crippen MR) is 78.8 cm³/mol. The number of nitrogens with zero attached hydrogens (tertiary/aromatic N) is 2. The van der Waals surface area contributed by atoms with Gasteiger partial charge in [-0.2, -0.15) is 0 Å². The molecule has 0 aliphatic carbocycles. The zero-order chi connectivity index (χ0) is 15.1. The topological polar surface area (TPSA) is 62.7 Å². The Kier molecular flexibility index (Phi) is 5.73. The van der Waals surface area contributed by atoms with E-state index in [1.165, 1.54) is 0 Å². The standard InChI is InChI=1S/C16H20N2O3/c1-2-18(12-14-6-4-10-21-14)16(20)15-7-8-17-11-13(15)5-3-9-19/h7-8,11,14,19H,2,4,6,9-10,12H2,1H3. The fraction of sp³-hybridized carbons (Fsp3) is 0.500. The number of carbonyl (C=O) groups is 1. The molecular formula is C16H20N2O3. The number of pyridine rings is 1. The molecule has 0 saturated carbocycles. The van der Waals surface area contributed by atoms with Crippen molar-refractivity contribution in [1.82, 2.24) is 9.88 Å². The predicted octanol–water partition coefficient (Wildman–Crippen LogP) is 1.07. The second kappa shape index (κ2) is 7.77. The second-order valence-corrected chi connectivity index (χ2v) is 4.86. The molecule has 1 aliphatic heterocycles. The number of aliphatic hydroxyl groups excluding tert-OH is 1. The first-order valence-electron chi connectivity index (χ1n) is 7.21. The quantitative estimate of drug-likeness (QED) is 0.842. The van der Waals surface area contributed by atoms with Crippen molar-refractivity contribution in [3.63, 3.8) is 0 Å². The van der Waals surface area contributed by atoms with Gasteiger partial charge in [-0.25, -0.2) is 0 Å². The number of aliphatic hydroxyl groups is 1. The highest BCUT2D eigenvalue weighted by molar-refractivity contribution is 5.96. The van der Waals surface area contributed by atoms with Gasteiger partial charge in [0, 0.05) is 32.1 Å². The van der Waals surface area contributed by atoms with Crippen molar-refractivity contribution in [3.8, 4) is 11.8 Å². The Morgan fingerprint density at radius 3 is 3.14 bits per heavy atom. The molecule has 1 aromatic heterocycles. The third-order valence-electron chi connectivity index (χ3n) is 3.47. The molecule has 0 aromatic carbocycles. The van der Waals surface area contributed by atoms with Crippen molar-refractivity contribution >= 4 is 5.91 Å². The van der Waals surface area contributed by atoms with Gasteiger partial charge in [0.1, 0.15) is 6.61 Å². The van der Waals surface area contributed by atoms with Crippen LogP contribution in [0.3, 0.4) is 0 Å². The van der Waals surface area contributed by atoms with Crippen molar-refractivity contribution in [2.45, 2.75) is 25.9 Å². The van der Waals surface area contributed by atoms with Crippen LogP contribution in [-0.4, -0.2) is 53.3 Å². The normalized spacial score (nSPS) is 17.1. The molecule has 5 heteroatoms. The van der Waals surface area contributed by atoms with Crippen LogP contribution in [0.1, 0.15) is 35.7 Å². The van der Waals surface area contributed by atoms with Crippen LogP contribution in [-0.2, 0) is 4.74 Å². The molecule has 2 rings (SSSR count). The third-order valence-corrected chi connectivity index (χ3v) is 3.47. The molecule has 1 aliphatic rings. The average Bonchev–Trinajstić information content (AvgIpc) is 3.03. The zero-order valence-corrected chi connectivity index (χ0v) is 12.2. The van der Waals surface area contributed by atoms with Gasteiger partial charge < -0.3 is 14.7 Å². The van der Waals surface area contributed by atoms with Gasteiger partial charge in [-0.1, -0.05) is 11.8 Å². The number of hydrogen-bond acceptors (Lipinski definition) is 4. The van der Waals surface area contributed by atoms with Crippen molar-refractivity contribution < 1.29 is 14.6 Å². The first-order chi connectivity index (χ1) is 10.3. The Balaban J connectivity index is 2.16. The molecule has 1 N–H and O–H groups in total. The number of aromatic nitrogens is 1. The molecule has 1 atom stereocenters. The summed E-state index contributed by atoms with van der Waals surface area (Å²) < 4.78 is 5.60. The summed E-state index contributed by atoms with van der Waals surface area (Å²) in [4.78, 5) is 18.4. The maximum atomic E-state index is 12.7. The lowest BCUT2D eigenvalue weighted by atomic mass is 10.1. The van der Waals surface area contributed by atoms with Gasteiger partial charge in [-0.15, -0.1) is 0 Å². The second-order valence-electron chi connectivity index (χ2n) is 4.86. The van der Waals surface area contributed by atoms with E-state index in [2.05, 4.69) is 16.8 Å². The summed E-state index contributed by atoms with van der Waals surface area (Å²) in [6.45, 7) is 3.71. The van der Waals surface area contributed by atoms with E-state index in [0.717, 1.165) is 19.4 Å². The van der Waals surface area contributed by atoms with Crippen LogP contribution < -0.4 is 0 Å². The molecule has 1 aromatic rings. The summed E-state index contributed by atoms with van der Waals surface area (Å²) in [5.74, 6) is 5.26. The fourth-order valence-corrected chi connectivity index (χ4v) is 2.38. The molecule has 21 heavy (non-hydrogen) atoms. The number of amides is 1. The van der Waals surface area contributed by atoms with Crippen molar-refractivity contribution in [2.75, 3.05) is 26.3 Å². The molecule has 0 spiro atoms. The van der Waals surface area contributed by atoms with E-state index in [-0.39, 0.29) is 18.6 Å². The van der Waals surface area contributed by atoms with Crippen LogP contribution in [0, 0.1) is 11.8 Å². The number of ether oxygens (including phenoxy) is 1. The van der Waals surface area contributed by atoms with Crippen LogP contribution in [0.5, 0.6) is 0 Å². The van der Waals surface area contributed by atoms with E-state index in [9.17, 15) is 4.79 Å². The first-order valence-corrected chi connectivity index (χ1v) is 7.21. The van der Waals surface area contributed by atoms with Gasteiger partial charge in [0.15, 0.2) is 0 Å². The van der Waals surface area contributed by atoms with E-state index in [1.54, 1.807) is 23.4 Å². The molecule has 1 unspecified atom stereocenters. The maximum Gasteiger partial charge on any atom is 0.255 e. The summed E-state index contributed by atoms with van der Waals surface area (Å²) in [7, 11) is 0.